The highest BCUT2D eigenvalue weighted by molar-refractivity contribution is 6.29. The fraction of sp³-hybridized carbons (Fsp3) is 0.214. The molecule has 0 atom stereocenters. The Kier molecular flexibility index (Phi) is 5.15. The number of aromatic nitrogens is 2. The Bertz CT molecular complexity index is 705. The van der Waals surface area contributed by atoms with Gasteiger partial charge < -0.3 is 4.74 Å². The van der Waals surface area contributed by atoms with Gasteiger partial charge in [-0.25, -0.2) is 9.37 Å². The van der Waals surface area contributed by atoms with E-state index < -0.39 is 17.9 Å². The van der Waals surface area contributed by atoms with Crippen LogP contribution in [0.15, 0.2) is 30.6 Å². The summed E-state index contributed by atoms with van der Waals surface area (Å²) in [5.74, 6) is -2.47. The van der Waals surface area contributed by atoms with Gasteiger partial charge in [0.25, 0.3) is 0 Å². The highest BCUT2D eigenvalue weighted by atomic mass is 35.5. The molecule has 0 radical (unpaired) electrons. The third-order valence-electron chi connectivity index (χ3n) is 2.67. The van der Waals surface area contributed by atoms with Crippen molar-refractivity contribution in [1.29, 1.82) is 0 Å². The topological polar surface area (TPSA) is 52.1 Å². The van der Waals surface area contributed by atoms with Crippen molar-refractivity contribution in [3.05, 3.63) is 52.8 Å². The second-order valence-electron chi connectivity index (χ2n) is 4.54. The Hall–Kier alpha value is -2.22. The molecule has 0 unspecified atom stereocenters. The molecule has 0 spiro atoms. The number of carbonyl (C=O) groups is 1. The van der Waals surface area contributed by atoms with Gasteiger partial charge in [0.15, 0.2) is 11.6 Å². The molecule has 4 nitrogen and oxygen atoms in total. The molecule has 23 heavy (non-hydrogen) atoms. The summed E-state index contributed by atoms with van der Waals surface area (Å²) in [7, 11) is 0. The smallest absolute Gasteiger partial charge is 0.403 e. The van der Waals surface area contributed by atoms with Gasteiger partial charge in [0, 0.05) is 6.42 Å². The largest absolute Gasteiger partial charge is 0.573 e. The van der Waals surface area contributed by atoms with Gasteiger partial charge in [0.05, 0.1) is 24.5 Å². The van der Waals surface area contributed by atoms with Crippen molar-refractivity contribution < 1.29 is 27.1 Å². The summed E-state index contributed by atoms with van der Waals surface area (Å²) < 4.78 is 53.3. The lowest BCUT2D eigenvalue weighted by atomic mass is 10.1. The molecule has 0 aliphatic rings. The number of halogens is 5. The van der Waals surface area contributed by atoms with Gasteiger partial charge in [-0.1, -0.05) is 17.7 Å². The van der Waals surface area contributed by atoms with Crippen molar-refractivity contribution in [2.24, 2.45) is 0 Å². The summed E-state index contributed by atoms with van der Waals surface area (Å²) >= 11 is 5.56. The molecule has 1 aromatic heterocycles. The molecule has 9 heteroatoms. The first-order valence-corrected chi connectivity index (χ1v) is 6.63. The number of hydrogen-bond donors (Lipinski definition) is 0. The summed E-state index contributed by atoms with van der Waals surface area (Å²) in [6.07, 6.45) is -2.68. The first-order valence-electron chi connectivity index (χ1n) is 6.25. The van der Waals surface area contributed by atoms with Crippen LogP contribution in [0, 0.1) is 5.82 Å². The van der Waals surface area contributed by atoms with Gasteiger partial charge in [-0.3, -0.25) is 9.78 Å². The fourth-order valence-corrected chi connectivity index (χ4v) is 1.88. The molecule has 1 aromatic carbocycles. The minimum absolute atomic E-state index is 0.0724. The SMILES string of the molecule is O=C(Cc1ccc(F)c(OC(F)(F)F)c1)Cc1cnc(Cl)cn1. The summed E-state index contributed by atoms with van der Waals surface area (Å²) in [5.41, 5.74) is 0.561. The number of alkyl halides is 3. The second-order valence-corrected chi connectivity index (χ2v) is 4.92. The Morgan fingerprint density at radius 1 is 1.17 bits per heavy atom. The quantitative estimate of drug-likeness (QED) is 0.776. The van der Waals surface area contributed by atoms with Crippen molar-refractivity contribution in [3.8, 4) is 5.75 Å². The molecule has 122 valence electrons. The zero-order chi connectivity index (χ0) is 17.0. The average molecular weight is 349 g/mol. The van der Waals surface area contributed by atoms with Crippen LogP contribution >= 0.6 is 11.6 Å². The molecule has 2 rings (SSSR count). The predicted octanol–water partition coefficient (Wildman–Crippen LogP) is 3.52. The maximum absolute atomic E-state index is 13.3. The van der Waals surface area contributed by atoms with E-state index in [-0.39, 0.29) is 29.3 Å². The Morgan fingerprint density at radius 2 is 1.91 bits per heavy atom. The van der Waals surface area contributed by atoms with E-state index in [0.717, 1.165) is 12.1 Å². The lowest BCUT2D eigenvalue weighted by Crippen LogP contribution is -2.18. The molecule has 0 saturated carbocycles. The second kappa shape index (κ2) is 6.91. The number of ether oxygens (including phenoxy) is 1. The van der Waals surface area contributed by atoms with Crippen molar-refractivity contribution in [2.45, 2.75) is 19.2 Å². The fourth-order valence-electron chi connectivity index (χ4n) is 1.78. The lowest BCUT2D eigenvalue weighted by molar-refractivity contribution is -0.275. The summed E-state index contributed by atoms with van der Waals surface area (Å²) in [5, 5.41) is 0.175. The zero-order valence-electron chi connectivity index (χ0n) is 11.4. The molecule has 0 bridgehead atoms. The van der Waals surface area contributed by atoms with E-state index in [1.165, 1.54) is 18.5 Å². The van der Waals surface area contributed by atoms with Gasteiger partial charge in [-0.15, -0.1) is 13.2 Å². The molecule has 0 saturated heterocycles. The number of carbonyl (C=O) groups excluding carboxylic acids is 1. The highest BCUT2D eigenvalue weighted by Gasteiger charge is 2.32. The van der Waals surface area contributed by atoms with Crippen molar-refractivity contribution in [1.82, 2.24) is 9.97 Å². The van der Waals surface area contributed by atoms with Crippen LogP contribution in [0.5, 0.6) is 5.75 Å². The van der Waals surface area contributed by atoms with E-state index in [1.807, 2.05) is 0 Å². The maximum atomic E-state index is 13.3. The van der Waals surface area contributed by atoms with E-state index in [4.69, 9.17) is 11.6 Å². The van der Waals surface area contributed by atoms with Crippen LogP contribution in [0.3, 0.4) is 0 Å². The summed E-state index contributed by atoms with van der Waals surface area (Å²) in [6, 6.07) is 2.87. The molecule has 0 aliphatic carbocycles. The van der Waals surface area contributed by atoms with Crippen LogP contribution in [-0.2, 0) is 17.6 Å². The van der Waals surface area contributed by atoms with Crippen LogP contribution in [0.25, 0.3) is 0 Å². The van der Waals surface area contributed by atoms with Gasteiger partial charge >= 0.3 is 6.36 Å². The van der Waals surface area contributed by atoms with Crippen LogP contribution < -0.4 is 4.74 Å². The lowest BCUT2D eigenvalue weighted by Gasteiger charge is -2.11. The highest BCUT2D eigenvalue weighted by Crippen LogP contribution is 2.26. The van der Waals surface area contributed by atoms with Crippen LogP contribution in [0.4, 0.5) is 17.6 Å². The van der Waals surface area contributed by atoms with Gasteiger partial charge in [-0.05, 0) is 17.7 Å². The Balaban J connectivity index is 2.06. The van der Waals surface area contributed by atoms with E-state index >= 15 is 0 Å². The maximum Gasteiger partial charge on any atom is 0.573 e. The minimum atomic E-state index is -5.01. The van der Waals surface area contributed by atoms with Gasteiger partial charge in [0.2, 0.25) is 0 Å². The monoisotopic (exact) mass is 348 g/mol. The number of hydrogen-bond acceptors (Lipinski definition) is 4. The van der Waals surface area contributed by atoms with E-state index in [0.29, 0.717) is 5.69 Å². The Labute approximate surface area is 133 Å². The molecule has 0 aliphatic heterocycles. The van der Waals surface area contributed by atoms with Crippen molar-refractivity contribution in [3.63, 3.8) is 0 Å². The minimum Gasteiger partial charge on any atom is -0.403 e. The normalized spacial score (nSPS) is 11.3. The molecule has 0 fully saturated rings. The summed E-state index contributed by atoms with van der Waals surface area (Å²) in [6.45, 7) is 0. The van der Waals surface area contributed by atoms with E-state index in [1.54, 1.807) is 0 Å². The third-order valence-corrected chi connectivity index (χ3v) is 2.87. The van der Waals surface area contributed by atoms with Crippen LogP contribution in [0.1, 0.15) is 11.3 Å². The number of ketones is 1. The van der Waals surface area contributed by atoms with Crippen molar-refractivity contribution >= 4 is 17.4 Å². The molecular weight excluding hydrogens is 340 g/mol. The number of Topliss-reactive ketones (excluding diaryl/α,β-unsaturated/α-hetero) is 1. The van der Waals surface area contributed by atoms with Crippen LogP contribution in [-0.4, -0.2) is 22.1 Å². The van der Waals surface area contributed by atoms with Gasteiger partial charge in [-0.2, -0.15) is 0 Å². The predicted molar refractivity (Wildman–Crippen MR) is 72.5 cm³/mol. The number of benzene rings is 1. The number of rotatable bonds is 5. The van der Waals surface area contributed by atoms with E-state index in [2.05, 4.69) is 14.7 Å². The molecular formula is C14H9ClF4N2O2. The van der Waals surface area contributed by atoms with E-state index in [9.17, 15) is 22.4 Å². The van der Waals surface area contributed by atoms with Gasteiger partial charge in [0.1, 0.15) is 10.9 Å². The molecule has 0 amide bonds. The standard InChI is InChI=1S/C14H9ClF4N2O2/c15-13-7-20-9(6-21-13)5-10(22)3-8-1-2-11(16)12(4-8)23-14(17,18)19/h1-2,4,6-7H,3,5H2. The van der Waals surface area contributed by atoms with Crippen molar-refractivity contribution in [2.75, 3.05) is 0 Å². The average Bonchev–Trinajstić information content (AvgIpc) is 2.43. The molecule has 0 N–H and O–H groups in total. The Morgan fingerprint density at radius 3 is 2.52 bits per heavy atom. The molecule has 1 heterocycles. The number of nitrogens with zero attached hydrogens (tertiary/aromatic N) is 2. The first kappa shape index (κ1) is 17.1. The molecule has 2 aromatic rings. The first-order chi connectivity index (χ1) is 10.7. The summed E-state index contributed by atoms with van der Waals surface area (Å²) in [4.78, 5) is 19.5. The zero-order valence-corrected chi connectivity index (χ0v) is 12.2. The van der Waals surface area contributed by atoms with Crippen LogP contribution in [0.2, 0.25) is 5.15 Å². The third kappa shape index (κ3) is 5.48.